The molecule has 0 bridgehead atoms. The van der Waals surface area contributed by atoms with Crippen molar-refractivity contribution in [2.45, 2.75) is 6.92 Å². The van der Waals surface area contributed by atoms with Crippen LogP contribution in [0, 0.1) is 6.92 Å². The van der Waals surface area contributed by atoms with Gasteiger partial charge in [0.1, 0.15) is 5.65 Å². The van der Waals surface area contributed by atoms with Crippen molar-refractivity contribution >= 4 is 33.6 Å². The molecule has 0 amide bonds. The Morgan fingerprint density at radius 1 is 1.23 bits per heavy atom. The molecule has 2 heterocycles. The summed E-state index contributed by atoms with van der Waals surface area (Å²) in [5, 5.41) is 8.91. The number of pyridine rings is 1. The minimum atomic E-state index is -0.986. The smallest absolute Gasteiger partial charge is 0.328 e. The third kappa shape index (κ3) is 2.80. The normalized spacial score (nSPS) is 11.4. The number of nitrogens with zero attached hydrogens (tertiary/aromatic N) is 2. The number of aryl methyl sites for hydroxylation is 1. The number of halogens is 1. The van der Waals surface area contributed by atoms with Gasteiger partial charge in [-0.3, -0.25) is 4.40 Å². The van der Waals surface area contributed by atoms with E-state index in [0.29, 0.717) is 0 Å². The molecule has 0 saturated heterocycles. The molecule has 0 atom stereocenters. The van der Waals surface area contributed by atoms with Gasteiger partial charge in [0, 0.05) is 22.3 Å². The monoisotopic (exact) mass is 356 g/mol. The van der Waals surface area contributed by atoms with Crippen molar-refractivity contribution in [3.63, 3.8) is 0 Å². The van der Waals surface area contributed by atoms with Crippen LogP contribution >= 0.6 is 15.9 Å². The number of benzene rings is 1. The molecule has 0 spiro atoms. The first-order chi connectivity index (χ1) is 10.5. The van der Waals surface area contributed by atoms with E-state index in [0.717, 1.165) is 38.7 Å². The van der Waals surface area contributed by atoms with E-state index in [9.17, 15) is 4.79 Å². The highest BCUT2D eigenvalue weighted by Crippen LogP contribution is 2.27. The minimum absolute atomic E-state index is 0.738. The van der Waals surface area contributed by atoms with Gasteiger partial charge in [-0.25, -0.2) is 9.78 Å². The minimum Gasteiger partial charge on any atom is -0.478 e. The second kappa shape index (κ2) is 5.77. The van der Waals surface area contributed by atoms with Crippen LogP contribution in [0.4, 0.5) is 0 Å². The lowest BCUT2D eigenvalue weighted by atomic mass is 10.1. The fourth-order valence-corrected chi connectivity index (χ4v) is 2.61. The third-order valence-corrected chi connectivity index (χ3v) is 3.80. The van der Waals surface area contributed by atoms with Crippen LogP contribution < -0.4 is 0 Å². The van der Waals surface area contributed by atoms with Gasteiger partial charge in [-0.05, 0) is 41.1 Å². The van der Waals surface area contributed by atoms with Crippen LogP contribution in [0.15, 0.2) is 53.1 Å². The molecule has 1 N–H and O–H groups in total. The Balaban J connectivity index is 2.26. The number of carboxylic acids is 1. The molecule has 3 aromatic rings. The number of hydrogen-bond acceptors (Lipinski definition) is 2. The van der Waals surface area contributed by atoms with Crippen LogP contribution in [-0.4, -0.2) is 20.5 Å². The summed E-state index contributed by atoms with van der Waals surface area (Å²) in [5.41, 5.74) is 4.38. The Morgan fingerprint density at radius 3 is 2.64 bits per heavy atom. The Morgan fingerprint density at radius 2 is 1.95 bits per heavy atom. The van der Waals surface area contributed by atoms with Gasteiger partial charge in [-0.2, -0.15) is 0 Å². The second-order valence-electron chi connectivity index (χ2n) is 4.96. The maximum atomic E-state index is 10.9. The molecule has 0 radical (unpaired) electrons. The maximum absolute atomic E-state index is 10.9. The standard InChI is InChI=1S/C17H13BrN2O2/c1-11-2-4-12(5-3-11)17-14(7-9-16(21)22)20-10-13(18)6-8-15(20)19-17/h2-10H,1H3,(H,21,22)/b9-7+. The largest absolute Gasteiger partial charge is 0.478 e. The predicted octanol–water partition coefficient (Wildman–Crippen LogP) is 4.17. The first kappa shape index (κ1) is 14.5. The van der Waals surface area contributed by atoms with Crippen LogP contribution in [0.25, 0.3) is 23.0 Å². The van der Waals surface area contributed by atoms with Gasteiger partial charge in [0.05, 0.1) is 11.4 Å². The van der Waals surface area contributed by atoms with Crippen LogP contribution in [0.1, 0.15) is 11.3 Å². The van der Waals surface area contributed by atoms with Gasteiger partial charge in [0.15, 0.2) is 0 Å². The van der Waals surface area contributed by atoms with Gasteiger partial charge in [0.25, 0.3) is 0 Å². The number of aliphatic carboxylic acids is 1. The average Bonchev–Trinajstić information content (AvgIpc) is 2.83. The Labute approximate surface area is 135 Å². The Hall–Kier alpha value is -2.40. The molecule has 2 aromatic heterocycles. The Bertz CT molecular complexity index is 880. The van der Waals surface area contributed by atoms with Crippen molar-refractivity contribution in [1.82, 2.24) is 9.38 Å². The van der Waals surface area contributed by atoms with E-state index in [1.165, 1.54) is 0 Å². The predicted molar refractivity (Wildman–Crippen MR) is 89.7 cm³/mol. The summed E-state index contributed by atoms with van der Waals surface area (Å²) in [6, 6.07) is 11.8. The number of carbonyl (C=O) groups is 1. The van der Waals surface area contributed by atoms with Crippen LogP contribution in [0.2, 0.25) is 0 Å². The average molecular weight is 357 g/mol. The molecule has 0 unspecified atom stereocenters. The van der Waals surface area contributed by atoms with Crippen molar-refractivity contribution in [3.8, 4) is 11.3 Å². The number of hydrogen-bond donors (Lipinski definition) is 1. The molecule has 0 aliphatic heterocycles. The van der Waals surface area contributed by atoms with Crippen molar-refractivity contribution in [2.75, 3.05) is 0 Å². The van der Waals surface area contributed by atoms with Crippen LogP contribution in [0.3, 0.4) is 0 Å². The summed E-state index contributed by atoms with van der Waals surface area (Å²) >= 11 is 3.43. The summed E-state index contributed by atoms with van der Waals surface area (Å²) in [6.07, 6.45) is 4.58. The molecule has 0 aliphatic carbocycles. The van der Waals surface area contributed by atoms with E-state index >= 15 is 0 Å². The van der Waals surface area contributed by atoms with Crippen molar-refractivity contribution in [3.05, 3.63) is 64.4 Å². The molecule has 110 valence electrons. The zero-order valence-electron chi connectivity index (χ0n) is 11.8. The zero-order valence-corrected chi connectivity index (χ0v) is 13.4. The van der Waals surface area contributed by atoms with Crippen molar-refractivity contribution in [2.24, 2.45) is 0 Å². The summed E-state index contributed by atoms with van der Waals surface area (Å²) in [5.74, 6) is -0.986. The fraction of sp³-hybridized carbons (Fsp3) is 0.0588. The Kier molecular flexibility index (Phi) is 3.81. The summed E-state index contributed by atoms with van der Waals surface area (Å²) < 4.78 is 2.77. The molecular weight excluding hydrogens is 344 g/mol. The topological polar surface area (TPSA) is 54.6 Å². The number of imidazole rings is 1. The highest BCUT2D eigenvalue weighted by Gasteiger charge is 2.12. The van der Waals surface area contributed by atoms with Gasteiger partial charge >= 0.3 is 5.97 Å². The van der Waals surface area contributed by atoms with Crippen LogP contribution in [-0.2, 0) is 4.79 Å². The number of rotatable bonds is 3. The lowest BCUT2D eigenvalue weighted by molar-refractivity contribution is -0.131. The van der Waals surface area contributed by atoms with Gasteiger partial charge in [0.2, 0.25) is 0 Å². The second-order valence-corrected chi connectivity index (χ2v) is 5.87. The zero-order chi connectivity index (χ0) is 15.7. The first-order valence-electron chi connectivity index (χ1n) is 6.70. The lowest BCUT2D eigenvalue weighted by Crippen LogP contribution is -1.91. The molecule has 3 rings (SSSR count). The highest BCUT2D eigenvalue weighted by molar-refractivity contribution is 9.10. The summed E-state index contributed by atoms with van der Waals surface area (Å²) in [6.45, 7) is 2.02. The van der Waals surface area contributed by atoms with Gasteiger partial charge < -0.3 is 5.11 Å². The maximum Gasteiger partial charge on any atom is 0.328 e. The van der Waals surface area contributed by atoms with E-state index in [1.807, 2.05) is 53.9 Å². The van der Waals surface area contributed by atoms with E-state index in [4.69, 9.17) is 5.11 Å². The number of aromatic nitrogens is 2. The van der Waals surface area contributed by atoms with E-state index in [2.05, 4.69) is 20.9 Å². The molecule has 0 aliphatic rings. The van der Waals surface area contributed by atoms with E-state index in [1.54, 1.807) is 6.08 Å². The van der Waals surface area contributed by atoms with E-state index < -0.39 is 5.97 Å². The summed E-state index contributed by atoms with van der Waals surface area (Å²) in [4.78, 5) is 15.5. The number of fused-ring (bicyclic) bond motifs is 1. The SMILES string of the molecule is Cc1ccc(-c2nc3ccc(Br)cn3c2/C=C/C(=O)O)cc1. The third-order valence-electron chi connectivity index (χ3n) is 3.33. The van der Waals surface area contributed by atoms with Gasteiger partial charge in [-0.15, -0.1) is 0 Å². The summed E-state index contributed by atoms with van der Waals surface area (Å²) in [7, 11) is 0. The molecule has 4 nitrogen and oxygen atoms in total. The van der Waals surface area contributed by atoms with Crippen molar-refractivity contribution < 1.29 is 9.90 Å². The lowest BCUT2D eigenvalue weighted by Gasteiger charge is -2.01. The van der Waals surface area contributed by atoms with Gasteiger partial charge in [-0.1, -0.05) is 29.8 Å². The molecule has 5 heteroatoms. The van der Waals surface area contributed by atoms with Crippen molar-refractivity contribution in [1.29, 1.82) is 0 Å². The highest BCUT2D eigenvalue weighted by atomic mass is 79.9. The fourth-order valence-electron chi connectivity index (χ4n) is 2.27. The number of carboxylic acid groups (broad SMARTS) is 1. The molecule has 22 heavy (non-hydrogen) atoms. The van der Waals surface area contributed by atoms with Crippen LogP contribution in [0.5, 0.6) is 0 Å². The molecular formula is C17H13BrN2O2. The quantitative estimate of drug-likeness (QED) is 0.716. The molecule has 1 aromatic carbocycles. The molecule has 0 saturated carbocycles. The first-order valence-corrected chi connectivity index (χ1v) is 7.49. The molecule has 0 fully saturated rings. The van der Waals surface area contributed by atoms with E-state index in [-0.39, 0.29) is 0 Å².